The highest BCUT2D eigenvalue weighted by atomic mass is 19.3. The van der Waals surface area contributed by atoms with Gasteiger partial charge in [-0.3, -0.25) is 4.79 Å². The van der Waals surface area contributed by atoms with Gasteiger partial charge in [-0.1, -0.05) is 49.0 Å². The first-order valence-electron chi connectivity index (χ1n) is 7.61. The van der Waals surface area contributed by atoms with Gasteiger partial charge in [-0.25, -0.2) is 8.78 Å². The molecule has 0 saturated carbocycles. The van der Waals surface area contributed by atoms with Crippen molar-refractivity contribution in [2.24, 2.45) is 0 Å². The van der Waals surface area contributed by atoms with Crippen LogP contribution in [0, 0.1) is 11.3 Å². The Hall–Kier alpha value is -3.00. The molecule has 0 aliphatic rings. The Kier molecular flexibility index (Phi) is 5.66. The van der Waals surface area contributed by atoms with E-state index in [9.17, 15) is 18.8 Å². The van der Waals surface area contributed by atoms with Crippen molar-refractivity contribution in [3.05, 3.63) is 71.8 Å². The van der Waals surface area contributed by atoms with Gasteiger partial charge in [0.25, 0.3) is 5.92 Å². The van der Waals surface area contributed by atoms with Crippen molar-refractivity contribution in [2.45, 2.75) is 19.3 Å². The Morgan fingerprint density at radius 3 is 2.52 bits per heavy atom. The summed E-state index contributed by atoms with van der Waals surface area (Å²) in [7, 11) is 0. The number of alkyl halides is 2. The fraction of sp³-hybridized carbons (Fsp3) is 0.200. The molecule has 5 heteroatoms. The van der Waals surface area contributed by atoms with Gasteiger partial charge in [0.05, 0.1) is 11.6 Å². The van der Waals surface area contributed by atoms with Gasteiger partial charge >= 0.3 is 5.97 Å². The summed E-state index contributed by atoms with van der Waals surface area (Å²) in [5.74, 6) is -3.76. The van der Waals surface area contributed by atoms with Crippen LogP contribution in [-0.4, -0.2) is 12.6 Å². The number of ether oxygens (including phenoxy) is 1. The summed E-state index contributed by atoms with van der Waals surface area (Å²) in [4.78, 5) is 10.8. The van der Waals surface area contributed by atoms with Crippen molar-refractivity contribution in [2.75, 3.05) is 6.61 Å². The highest BCUT2D eigenvalue weighted by Crippen LogP contribution is 2.36. The van der Waals surface area contributed by atoms with Gasteiger partial charge in [0, 0.05) is 18.9 Å². The third kappa shape index (κ3) is 4.74. The van der Waals surface area contributed by atoms with E-state index in [2.05, 4.69) is 11.3 Å². The van der Waals surface area contributed by atoms with Gasteiger partial charge in [-0.15, -0.1) is 0 Å². The molecule has 0 aliphatic heterocycles. The quantitative estimate of drug-likeness (QED) is 0.559. The first-order chi connectivity index (χ1) is 11.8. The smallest absolute Gasteiger partial charge is 0.302 e. The van der Waals surface area contributed by atoms with Crippen LogP contribution in [0.3, 0.4) is 0 Å². The molecule has 0 radical (unpaired) electrons. The van der Waals surface area contributed by atoms with Crippen molar-refractivity contribution in [1.29, 1.82) is 5.26 Å². The standard InChI is InChI=1S/C20H17F2NO2/c1-14(13-25-15(2)24)11-20(21,22)18-8-9-19(17(10-18)12-23)16-6-4-3-5-7-16/h3-10H,1,11,13H2,2H3. The molecule has 0 amide bonds. The molecular formula is C20H17F2NO2. The Morgan fingerprint density at radius 2 is 1.92 bits per heavy atom. The van der Waals surface area contributed by atoms with Crippen LogP contribution in [0.25, 0.3) is 11.1 Å². The zero-order valence-electron chi connectivity index (χ0n) is 13.8. The first kappa shape index (κ1) is 18.3. The number of rotatable bonds is 6. The number of carbonyl (C=O) groups is 1. The lowest BCUT2D eigenvalue weighted by molar-refractivity contribution is -0.140. The molecule has 0 atom stereocenters. The van der Waals surface area contributed by atoms with E-state index < -0.39 is 18.3 Å². The molecule has 0 spiro atoms. The Labute approximate surface area is 145 Å². The maximum absolute atomic E-state index is 14.5. The average Bonchev–Trinajstić information content (AvgIpc) is 2.59. The summed E-state index contributed by atoms with van der Waals surface area (Å²) in [6, 6.07) is 15.1. The monoisotopic (exact) mass is 341 g/mol. The molecule has 2 aromatic carbocycles. The molecular weight excluding hydrogens is 324 g/mol. The number of nitriles is 1. The second-order valence-electron chi connectivity index (χ2n) is 5.65. The molecule has 0 fully saturated rings. The number of esters is 1. The van der Waals surface area contributed by atoms with E-state index in [-0.39, 0.29) is 23.3 Å². The molecule has 0 aliphatic carbocycles. The van der Waals surface area contributed by atoms with Gasteiger partial charge in [0.2, 0.25) is 0 Å². The summed E-state index contributed by atoms with van der Waals surface area (Å²) in [5, 5.41) is 9.33. The fourth-order valence-electron chi connectivity index (χ4n) is 2.40. The van der Waals surface area contributed by atoms with Gasteiger partial charge < -0.3 is 4.74 Å². The molecule has 0 heterocycles. The normalized spacial score (nSPS) is 10.8. The molecule has 3 nitrogen and oxygen atoms in total. The van der Waals surface area contributed by atoms with E-state index >= 15 is 0 Å². The van der Waals surface area contributed by atoms with Crippen molar-refractivity contribution < 1.29 is 18.3 Å². The SMILES string of the molecule is C=C(COC(C)=O)CC(F)(F)c1ccc(-c2ccccc2)c(C#N)c1. The predicted molar refractivity (Wildman–Crippen MR) is 90.9 cm³/mol. The Balaban J connectivity index is 2.26. The molecule has 25 heavy (non-hydrogen) atoms. The number of benzene rings is 2. The molecule has 128 valence electrons. The molecule has 2 aromatic rings. The van der Waals surface area contributed by atoms with Crippen molar-refractivity contribution in [1.82, 2.24) is 0 Å². The molecule has 0 bridgehead atoms. The van der Waals surface area contributed by atoms with E-state index in [1.807, 2.05) is 36.4 Å². The van der Waals surface area contributed by atoms with Crippen LogP contribution in [0.5, 0.6) is 0 Å². The zero-order valence-corrected chi connectivity index (χ0v) is 13.8. The summed E-state index contributed by atoms with van der Waals surface area (Å²) >= 11 is 0. The number of nitrogens with zero attached hydrogens (tertiary/aromatic N) is 1. The number of halogens is 2. The highest BCUT2D eigenvalue weighted by molar-refractivity contribution is 5.71. The zero-order chi connectivity index (χ0) is 18.4. The van der Waals surface area contributed by atoms with Crippen LogP contribution in [0.4, 0.5) is 8.78 Å². The Bertz CT molecular complexity index is 823. The average molecular weight is 341 g/mol. The number of hydrogen-bond donors (Lipinski definition) is 0. The number of carbonyl (C=O) groups excluding carboxylic acids is 1. The lowest BCUT2D eigenvalue weighted by Gasteiger charge is -2.19. The van der Waals surface area contributed by atoms with Crippen LogP contribution in [0.15, 0.2) is 60.7 Å². The lowest BCUT2D eigenvalue weighted by atomic mass is 9.94. The lowest BCUT2D eigenvalue weighted by Crippen LogP contribution is -2.17. The van der Waals surface area contributed by atoms with Gasteiger partial charge in [0.1, 0.15) is 6.61 Å². The third-order valence-corrected chi connectivity index (χ3v) is 3.60. The maximum Gasteiger partial charge on any atom is 0.302 e. The van der Waals surface area contributed by atoms with Gasteiger partial charge in [-0.2, -0.15) is 5.26 Å². The van der Waals surface area contributed by atoms with Crippen molar-refractivity contribution in [3.8, 4) is 17.2 Å². The molecule has 0 unspecified atom stereocenters. The highest BCUT2D eigenvalue weighted by Gasteiger charge is 2.33. The van der Waals surface area contributed by atoms with Crippen LogP contribution >= 0.6 is 0 Å². The molecule has 2 rings (SSSR count). The second-order valence-corrected chi connectivity index (χ2v) is 5.65. The topological polar surface area (TPSA) is 50.1 Å². The summed E-state index contributed by atoms with van der Waals surface area (Å²) in [6.07, 6.45) is -0.657. The van der Waals surface area contributed by atoms with Crippen LogP contribution in [-0.2, 0) is 15.5 Å². The minimum atomic E-state index is -3.21. The fourth-order valence-corrected chi connectivity index (χ4v) is 2.40. The maximum atomic E-state index is 14.5. The summed E-state index contributed by atoms with van der Waals surface area (Å²) in [6.45, 7) is 4.47. The Morgan fingerprint density at radius 1 is 1.24 bits per heavy atom. The second kappa shape index (κ2) is 7.71. The largest absolute Gasteiger partial charge is 0.461 e. The number of hydrogen-bond acceptors (Lipinski definition) is 3. The molecule has 0 saturated heterocycles. The minimum Gasteiger partial charge on any atom is -0.461 e. The van der Waals surface area contributed by atoms with E-state index in [1.54, 1.807) is 0 Å². The van der Waals surface area contributed by atoms with Crippen LogP contribution in [0.1, 0.15) is 24.5 Å². The van der Waals surface area contributed by atoms with Crippen LogP contribution in [0.2, 0.25) is 0 Å². The summed E-state index contributed by atoms with van der Waals surface area (Å²) < 4.78 is 33.6. The summed E-state index contributed by atoms with van der Waals surface area (Å²) in [5.41, 5.74) is 1.39. The predicted octanol–water partition coefficient (Wildman–Crippen LogP) is 4.83. The van der Waals surface area contributed by atoms with Crippen LogP contribution < -0.4 is 0 Å². The van der Waals surface area contributed by atoms with Gasteiger partial charge in [0.15, 0.2) is 0 Å². The van der Waals surface area contributed by atoms with E-state index in [0.29, 0.717) is 5.56 Å². The van der Waals surface area contributed by atoms with Crippen molar-refractivity contribution in [3.63, 3.8) is 0 Å². The first-order valence-corrected chi connectivity index (χ1v) is 7.61. The molecule has 0 aromatic heterocycles. The van der Waals surface area contributed by atoms with E-state index in [1.165, 1.54) is 25.1 Å². The molecule has 0 N–H and O–H groups in total. The van der Waals surface area contributed by atoms with E-state index in [4.69, 9.17) is 0 Å². The third-order valence-electron chi connectivity index (χ3n) is 3.60. The van der Waals surface area contributed by atoms with E-state index in [0.717, 1.165) is 5.56 Å². The van der Waals surface area contributed by atoms with Gasteiger partial charge in [-0.05, 0) is 22.8 Å². The van der Waals surface area contributed by atoms with Crippen molar-refractivity contribution >= 4 is 5.97 Å². The minimum absolute atomic E-state index is 0.103.